The summed E-state index contributed by atoms with van der Waals surface area (Å²) in [5.74, 6) is -0.745. The summed E-state index contributed by atoms with van der Waals surface area (Å²) in [6.45, 7) is 5.65. The van der Waals surface area contributed by atoms with Gasteiger partial charge in [0.25, 0.3) is 5.91 Å². The minimum absolute atomic E-state index is 0.0975. The highest BCUT2D eigenvalue weighted by molar-refractivity contribution is 6.21. The molecule has 1 aliphatic heterocycles. The van der Waals surface area contributed by atoms with Crippen molar-refractivity contribution in [1.29, 1.82) is 0 Å². The molecule has 0 spiro atoms. The molecule has 0 aromatic heterocycles. The fraction of sp³-hybridized carbons (Fsp3) is 0.357. The van der Waals surface area contributed by atoms with Gasteiger partial charge < -0.3 is 5.32 Å². The van der Waals surface area contributed by atoms with Crippen molar-refractivity contribution in [3.63, 3.8) is 0 Å². The minimum Gasteiger partial charge on any atom is -0.346 e. The first-order valence-corrected chi connectivity index (χ1v) is 5.88. The molecule has 18 heavy (non-hydrogen) atoms. The standard InChI is InChI=1S/C14H16N2O2/c1-14(2,3)16-13(18)11-8-12(17)9-6-4-5-7-10(9)15-11/h4-9H,1-3H3,(H,16,18). The van der Waals surface area contributed by atoms with Crippen LogP contribution in [0.4, 0.5) is 0 Å². The normalized spacial score (nSPS) is 22.2. The van der Waals surface area contributed by atoms with Gasteiger partial charge in [-0.3, -0.25) is 9.59 Å². The van der Waals surface area contributed by atoms with Crippen molar-refractivity contribution < 1.29 is 9.59 Å². The number of hydrogen-bond donors (Lipinski definition) is 1. The van der Waals surface area contributed by atoms with Gasteiger partial charge in [-0.15, -0.1) is 0 Å². The van der Waals surface area contributed by atoms with E-state index in [0.29, 0.717) is 5.71 Å². The van der Waals surface area contributed by atoms with E-state index in [4.69, 9.17) is 0 Å². The van der Waals surface area contributed by atoms with Crippen molar-refractivity contribution in [2.45, 2.75) is 26.3 Å². The number of fused-ring (bicyclic) bond motifs is 1. The van der Waals surface area contributed by atoms with Crippen LogP contribution in [0, 0.1) is 5.92 Å². The van der Waals surface area contributed by atoms with Crippen molar-refractivity contribution in [2.24, 2.45) is 10.9 Å². The lowest BCUT2D eigenvalue weighted by atomic mass is 9.91. The van der Waals surface area contributed by atoms with Crippen LogP contribution in [0.25, 0.3) is 0 Å². The van der Waals surface area contributed by atoms with Crippen LogP contribution in [0.15, 0.2) is 41.1 Å². The molecule has 2 rings (SSSR count). The molecule has 0 saturated carbocycles. The Morgan fingerprint density at radius 2 is 2.06 bits per heavy atom. The number of ketones is 1. The average Bonchev–Trinajstić information content (AvgIpc) is 2.26. The van der Waals surface area contributed by atoms with E-state index in [-0.39, 0.29) is 28.8 Å². The molecular weight excluding hydrogens is 228 g/mol. The van der Waals surface area contributed by atoms with E-state index in [1.165, 1.54) is 6.08 Å². The number of carbonyl (C=O) groups excluding carboxylic acids is 2. The van der Waals surface area contributed by atoms with Gasteiger partial charge in [0.05, 0.1) is 11.6 Å². The molecule has 0 aromatic rings. The highest BCUT2D eigenvalue weighted by atomic mass is 16.2. The second kappa shape index (κ2) is 4.37. The monoisotopic (exact) mass is 244 g/mol. The fourth-order valence-electron chi connectivity index (χ4n) is 1.80. The third-order valence-corrected chi connectivity index (χ3v) is 2.56. The highest BCUT2D eigenvalue weighted by Gasteiger charge is 2.28. The number of hydrogen-bond acceptors (Lipinski definition) is 3. The van der Waals surface area contributed by atoms with Crippen molar-refractivity contribution in [3.8, 4) is 0 Å². The molecule has 4 heteroatoms. The van der Waals surface area contributed by atoms with Gasteiger partial charge in [-0.05, 0) is 26.8 Å². The van der Waals surface area contributed by atoms with E-state index < -0.39 is 0 Å². The molecule has 1 heterocycles. The maximum Gasteiger partial charge on any atom is 0.270 e. The van der Waals surface area contributed by atoms with Gasteiger partial charge in [0.15, 0.2) is 5.78 Å². The van der Waals surface area contributed by atoms with Gasteiger partial charge in [-0.2, -0.15) is 0 Å². The van der Waals surface area contributed by atoms with E-state index in [9.17, 15) is 9.59 Å². The van der Waals surface area contributed by atoms with Gasteiger partial charge in [0.2, 0.25) is 0 Å². The van der Waals surface area contributed by atoms with Crippen molar-refractivity contribution >= 4 is 17.4 Å². The summed E-state index contributed by atoms with van der Waals surface area (Å²) in [6.07, 6.45) is 8.50. The summed E-state index contributed by atoms with van der Waals surface area (Å²) in [6, 6.07) is 0. The molecule has 0 bridgehead atoms. The number of amides is 1. The van der Waals surface area contributed by atoms with E-state index in [1.807, 2.05) is 32.9 Å². The number of allylic oxidation sites excluding steroid dienone is 5. The van der Waals surface area contributed by atoms with Gasteiger partial charge in [0.1, 0.15) is 5.70 Å². The topological polar surface area (TPSA) is 58.5 Å². The summed E-state index contributed by atoms with van der Waals surface area (Å²) in [7, 11) is 0. The molecule has 0 aromatic carbocycles. The second-order valence-corrected chi connectivity index (χ2v) is 5.39. The van der Waals surface area contributed by atoms with E-state index in [2.05, 4.69) is 10.3 Å². The summed E-state index contributed by atoms with van der Waals surface area (Å²) in [5.41, 5.74) is 0.463. The zero-order chi connectivity index (χ0) is 13.3. The van der Waals surface area contributed by atoms with E-state index >= 15 is 0 Å². The third-order valence-electron chi connectivity index (χ3n) is 2.56. The Hall–Kier alpha value is -1.97. The zero-order valence-electron chi connectivity index (χ0n) is 10.7. The predicted octanol–water partition coefficient (Wildman–Crippen LogP) is 1.55. The Labute approximate surface area is 106 Å². The number of aliphatic imine (C=N–C) groups is 1. The molecule has 0 saturated heterocycles. The van der Waals surface area contributed by atoms with Crippen LogP contribution in [-0.2, 0) is 9.59 Å². The molecule has 1 unspecified atom stereocenters. The van der Waals surface area contributed by atoms with Crippen LogP contribution in [0.3, 0.4) is 0 Å². The van der Waals surface area contributed by atoms with Crippen LogP contribution >= 0.6 is 0 Å². The Morgan fingerprint density at radius 3 is 2.72 bits per heavy atom. The smallest absolute Gasteiger partial charge is 0.270 e. The molecule has 1 N–H and O–H groups in total. The minimum atomic E-state index is -0.347. The van der Waals surface area contributed by atoms with Crippen molar-refractivity contribution in [1.82, 2.24) is 5.32 Å². The van der Waals surface area contributed by atoms with Crippen LogP contribution < -0.4 is 5.32 Å². The predicted molar refractivity (Wildman–Crippen MR) is 70.2 cm³/mol. The average molecular weight is 244 g/mol. The van der Waals surface area contributed by atoms with Crippen molar-refractivity contribution in [3.05, 3.63) is 36.1 Å². The summed E-state index contributed by atoms with van der Waals surface area (Å²) in [5, 5.41) is 2.80. The molecule has 1 atom stereocenters. The molecule has 0 fully saturated rings. The third kappa shape index (κ3) is 2.64. The maximum absolute atomic E-state index is 12.0. The molecule has 4 nitrogen and oxygen atoms in total. The first-order valence-electron chi connectivity index (χ1n) is 5.88. The maximum atomic E-state index is 12.0. The Bertz CT molecular complexity index is 516. The molecule has 1 aliphatic carbocycles. The Morgan fingerprint density at radius 1 is 1.33 bits per heavy atom. The first-order chi connectivity index (χ1) is 8.37. The fourth-order valence-corrected chi connectivity index (χ4v) is 1.80. The summed E-state index contributed by atoms with van der Waals surface area (Å²) < 4.78 is 0. The first kappa shape index (κ1) is 12.5. The number of rotatable bonds is 1. The second-order valence-electron chi connectivity index (χ2n) is 5.39. The molecular formula is C14H16N2O2. The Kier molecular flexibility index (Phi) is 3.03. The molecule has 94 valence electrons. The Balaban J connectivity index is 2.24. The lowest BCUT2D eigenvalue weighted by Gasteiger charge is -2.23. The number of nitrogens with zero attached hydrogens (tertiary/aromatic N) is 1. The van der Waals surface area contributed by atoms with E-state index in [1.54, 1.807) is 12.2 Å². The zero-order valence-corrected chi connectivity index (χ0v) is 10.7. The van der Waals surface area contributed by atoms with E-state index in [0.717, 1.165) is 0 Å². The summed E-state index contributed by atoms with van der Waals surface area (Å²) in [4.78, 5) is 28.1. The molecule has 0 radical (unpaired) electrons. The van der Waals surface area contributed by atoms with Crippen molar-refractivity contribution in [2.75, 3.05) is 0 Å². The van der Waals surface area contributed by atoms with Gasteiger partial charge in [0, 0.05) is 11.6 Å². The molecule has 1 amide bonds. The lowest BCUT2D eigenvalue weighted by molar-refractivity contribution is -0.120. The quantitative estimate of drug-likeness (QED) is 0.760. The molecule has 2 aliphatic rings. The SMILES string of the molecule is CC(C)(C)NC(=O)C1=CC(=O)C2C=CC=CC2=N1. The largest absolute Gasteiger partial charge is 0.346 e. The van der Waals surface area contributed by atoms with Crippen LogP contribution in [-0.4, -0.2) is 22.9 Å². The van der Waals surface area contributed by atoms with Crippen LogP contribution in [0.5, 0.6) is 0 Å². The van der Waals surface area contributed by atoms with Gasteiger partial charge in [-0.1, -0.05) is 18.2 Å². The summed E-state index contributed by atoms with van der Waals surface area (Å²) >= 11 is 0. The number of carbonyl (C=O) groups is 2. The number of nitrogens with one attached hydrogen (secondary N) is 1. The van der Waals surface area contributed by atoms with Gasteiger partial charge >= 0.3 is 0 Å². The van der Waals surface area contributed by atoms with Crippen LogP contribution in [0.2, 0.25) is 0 Å². The highest BCUT2D eigenvalue weighted by Crippen LogP contribution is 2.19. The van der Waals surface area contributed by atoms with Gasteiger partial charge in [-0.25, -0.2) is 4.99 Å². The lowest BCUT2D eigenvalue weighted by Crippen LogP contribution is -2.42. The van der Waals surface area contributed by atoms with Crippen LogP contribution in [0.1, 0.15) is 20.8 Å².